The van der Waals surface area contributed by atoms with E-state index in [1.54, 1.807) is 13.8 Å². The van der Waals surface area contributed by atoms with E-state index >= 15 is 0 Å². The smallest absolute Gasteiger partial charge is 0.231 e. The Labute approximate surface area is 111 Å². The molecule has 0 saturated heterocycles. The molecule has 0 aromatic carbocycles. The zero-order chi connectivity index (χ0) is 16.0. The van der Waals surface area contributed by atoms with Crippen LogP contribution < -0.4 is 5.73 Å². The minimum Gasteiger partial charge on any atom is -0.394 e. The molecule has 0 rings (SSSR count). The summed E-state index contributed by atoms with van der Waals surface area (Å²) in [4.78, 5) is 23.4. The molecule has 0 spiro atoms. The zero-order valence-corrected chi connectivity index (χ0v) is 10.7. The van der Waals surface area contributed by atoms with Crippen LogP contribution in [-0.4, -0.2) is 74.2 Å². The molecule has 19 heavy (non-hydrogen) atoms. The fourth-order valence-corrected chi connectivity index (χ4v) is 1.28. The topological polar surface area (TPSA) is 161 Å². The van der Waals surface area contributed by atoms with Crippen molar-refractivity contribution in [3.8, 4) is 0 Å². The molecule has 0 saturated carbocycles. The molecule has 112 valence electrons. The standard InChI is InChI=1S/C11H21NO7/c1-4(2)6(12)8(16)10(18)11(19)9(17)7(15)5(14)3-13/h4-7,9,11,13-15,17,19H,3,12H2,1-2H3/t5-,6+,7+,9+,11-/m1/s1/i/hD. The fraction of sp³-hybridized carbons (Fsp3) is 0.818. The number of hydrogen-bond acceptors (Lipinski definition) is 8. The molecule has 0 aliphatic heterocycles. The number of aliphatic hydroxyl groups excluding tert-OH is 5. The molecule has 8 nitrogen and oxygen atoms in total. The Kier molecular flexibility index (Phi) is 6.49. The van der Waals surface area contributed by atoms with Crippen LogP contribution in [0.15, 0.2) is 0 Å². The molecular formula is C11H21NO7. The van der Waals surface area contributed by atoms with Gasteiger partial charge in [-0.25, -0.2) is 0 Å². The number of aliphatic hydroxyl groups is 5. The van der Waals surface area contributed by atoms with Crippen LogP contribution in [0, 0.1) is 5.92 Å². The number of carbonyl (C=O) groups excluding carboxylic acids is 2. The van der Waals surface area contributed by atoms with Crippen molar-refractivity contribution in [3.63, 3.8) is 0 Å². The van der Waals surface area contributed by atoms with E-state index in [4.69, 9.17) is 11.6 Å². The molecule has 0 unspecified atom stereocenters. The minimum atomic E-state index is -2.26. The van der Waals surface area contributed by atoms with Crippen molar-refractivity contribution in [2.24, 2.45) is 11.6 Å². The lowest BCUT2D eigenvalue weighted by Gasteiger charge is -2.25. The minimum absolute atomic E-state index is 0.402. The molecular weight excluding hydrogens is 258 g/mol. The summed E-state index contributed by atoms with van der Waals surface area (Å²) in [6.45, 7) is 2.26. The van der Waals surface area contributed by atoms with Gasteiger partial charge in [-0.3, -0.25) is 9.59 Å². The maximum atomic E-state index is 11.7. The van der Waals surface area contributed by atoms with Crippen LogP contribution in [0.4, 0.5) is 0 Å². The average Bonchev–Trinajstić information content (AvgIpc) is 2.43. The van der Waals surface area contributed by atoms with Gasteiger partial charge in [0.1, 0.15) is 25.8 Å². The molecule has 0 bridgehead atoms. The SMILES string of the molecule is [2H]N[C@H](C(=O)C(=O)[C@H](O)[C@@H](O)[C@@H](O)[C@H](O)CO)C(C)C. The average molecular weight is 280 g/mol. The van der Waals surface area contributed by atoms with Crippen molar-refractivity contribution < 1.29 is 36.5 Å². The van der Waals surface area contributed by atoms with Gasteiger partial charge in [0, 0.05) is 0 Å². The highest BCUT2D eigenvalue weighted by Crippen LogP contribution is 2.09. The normalized spacial score (nSPS) is 20.3. The van der Waals surface area contributed by atoms with Crippen LogP contribution in [0.2, 0.25) is 1.41 Å². The van der Waals surface area contributed by atoms with Crippen LogP contribution in [0.1, 0.15) is 13.8 Å². The highest BCUT2D eigenvalue weighted by molar-refractivity contribution is 6.40. The van der Waals surface area contributed by atoms with Gasteiger partial charge in [0.25, 0.3) is 0 Å². The predicted octanol–water partition coefficient (Wildman–Crippen LogP) is -3.46. The monoisotopic (exact) mass is 280 g/mol. The molecule has 0 fully saturated rings. The Morgan fingerprint density at radius 1 is 1.11 bits per heavy atom. The summed E-state index contributed by atoms with van der Waals surface area (Å²) >= 11 is 0. The van der Waals surface area contributed by atoms with Crippen LogP contribution in [0.3, 0.4) is 0 Å². The van der Waals surface area contributed by atoms with Gasteiger partial charge in [0.15, 0.2) is 0 Å². The Hall–Kier alpha value is -0.900. The summed E-state index contributed by atoms with van der Waals surface area (Å²) in [5, 5.41) is 46.1. The van der Waals surface area contributed by atoms with Gasteiger partial charge in [-0.15, -0.1) is 0 Å². The largest absolute Gasteiger partial charge is 0.394 e. The van der Waals surface area contributed by atoms with Gasteiger partial charge >= 0.3 is 0 Å². The number of hydrogen-bond donors (Lipinski definition) is 6. The van der Waals surface area contributed by atoms with Gasteiger partial charge in [-0.05, 0) is 5.92 Å². The van der Waals surface area contributed by atoms with Gasteiger partial charge in [-0.2, -0.15) is 0 Å². The third kappa shape index (κ3) is 4.60. The summed E-state index contributed by atoms with van der Waals surface area (Å²) in [5.74, 6) is -2.91. The Morgan fingerprint density at radius 3 is 2.00 bits per heavy atom. The van der Waals surface area contributed by atoms with Crippen molar-refractivity contribution in [1.29, 1.82) is 0 Å². The Balaban J connectivity index is 4.88. The van der Waals surface area contributed by atoms with Gasteiger partial charge in [-0.1, -0.05) is 13.8 Å². The van der Waals surface area contributed by atoms with Crippen LogP contribution in [-0.2, 0) is 9.59 Å². The van der Waals surface area contributed by atoms with E-state index in [1.807, 2.05) is 5.73 Å². The third-order valence-electron chi connectivity index (χ3n) is 2.72. The number of nitrogens with two attached hydrogens (primary N) is 1. The summed E-state index contributed by atoms with van der Waals surface area (Å²) in [7, 11) is 0. The van der Waals surface area contributed by atoms with Crippen molar-refractivity contribution in [2.75, 3.05) is 6.61 Å². The second kappa shape index (κ2) is 7.63. The first-order valence-corrected chi connectivity index (χ1v) is 5.77. The van der Waals surface area contributed by atoms with E-state index in [1.165, 1.54) is 0 Å². The lowest BCUT2D eigenvalue weighted by molar-refractivity contribution is -0.155. The summed E-state index contributed by atoms with van der Waals surface area (Å²) in [6.07, 6.45) is -8.15. The zero-order valence-electron chi connectivity index (χ0n) is 11.7. The van der Waals surface area contributed by atoms with E-state index in [-0.39, 0.29) is 0 Å². The third-order valence-corrected chi connectivity index (χ3v) is 2.72. The van der Waals surface area contributed by atoms with Crippen LogP contribution in [0.5, 0.6) is 0 Å². The summed E-state index contributed by atoms with van der Waals surface area (Å²) in [5.41, 5.74) is 1.87. The molecule has 0 heterocycles. The number of rotatable bonds is 9. The first kappa shape index (κ1) is 16.2. The quantitative estimate of drug-likeness (QED) is 0.237. The van der Waals surface area contributed by atoms with Crippen LogP contribution >= 0.6 is 0 Å². The highest BCUT2D eigenvalue weighted by atomic mass is 16.4. The molecule has 7 N–H and O–H groups in total. The Bertz CT molecular complexity index is 339. The van der Waals surface area contributed by atoms with E-state index in [0.29, 0.717) is 0 Å². The van der Waals surface area contributed by atoms with Crippen LogP contribution in [0.25, 0.3) is 0 Å². The van der Waals surface area contributed by atoms with E-state index < -0.39 is 54.5 Å². The highest BCUT2D eigenvalue weighted by Gasteiger charge is 2.38. The van der Waals surface area contributed by atoms with Gasteiger partial charge in [0.05, 0.1) is 12.6 Å². The lowest BCUT2D eigenvalue weighted by Crippen LogP contribution is -2.53. The molecule has 0 aromatic rings. The molecule has 8 heteroatoms. The number of ketones is 2. The van der Waals surface area contributed by atoms with Gasteiger partial charge < -0.3 is 31.3 Å². The van der Waals surface area contributed by atoms with E-state index in [9.17, 15) is 24.9 Å². The molecule has 0 aromatic heterocycles. The number of carbonyl (C=O) groups is 2. The van der Waals surface area contributed by atoms with Crippen molar-refractivity contribution in [2.45, 2.75) is 44.3 Å². The Morgan fingerprint density at radius 2 is 1.63 bits per heavy atom. The fourth-order valence-electron chi connectivity index (χ4n) is 1.28. The molecule has 5 atom stereocenters. The number of Topliss-reactive ketones (excluding diaryl/α,β-unsaturated/α-hetero) is 2. The lowest BCUT2D eigenvalue weighted by atomic mass is 9.92. The summed E-state index contributed by atoms with van der Waals surface area (Å²) in [6, 6.07) is -1.16. The van der Waals surface area contributed by atoms with E-state index in [2.05, 4.69) is 0 Å². The second-order valence-corrected chi connectivity index (χ2v) is 4.63. The second-order valence-electron chi connectivity index (χ2n) is 4.63. The van der Waals surface area contributed by atoms with Crippen molar-refractivity contribution in [1.82, 2.24) is 0 Å². The first-order chi connectivity index (χ1) is 9.18. The molecule has 0 aliphatic rings. The molecule has 0 radical (unpaired) electrons. The van der Waals surface area contributed by atoms with E-state index in [0.717, 1.165) is 0 Å². The van der Waals surface area contributed by atoms with Gasteiger partial charge in [0.2, 0.25) is 11.6 Å². The maximum Gasteiger partial charge on any atom is 0.231 e. The van der Waals surface area contributed by atoms with Crippen molar-refractivity contribution >= 4 is 11.6 Å². The maximum absolute atomic E-state index is 11.7. The predicted molar refractivity (Wildman–Crippen MR) is 63.9 cm³/mol. The molecule has 0 amide bonds. The molecule has 0 aliphatic carbocycles. The first-order valence-electron chi connectivity index (χ1n) is 6.27. The van der Waals surface area contributed by atoms with Crippen molar-refractivity contribution in [3.05, 3.63) is 0 Å². The summed E-state index contributed by atoms with van der Waals surface area (Å²) < 4.78 is 6.96.